The number of pyridine rings is 1. The number of halogens is 1. The molecule has 1 spiro atoms. The van der Waals surface area contributed by atoms with E-state index >= 15 is 0 Å². The number of aromatic carboxylic acids is 1. The average molecular weight is 270 g/mol. The molecule has 0 radical (unpaired) electrons. The fraction of sp³-hybridized carbons (Fsp3) is 0.300. The summed E-state index contributed by atoms with van der Waals surface area (Å²) >= 11 is 5.74. The van der Waals surface area contributed by atoms with Crippen LogP contribution in [0.4, 0.5) is 0 Å². The van der Waals surface area contributed by atoms with Crippen LogP contribution in [0.1, 0.15) is 20.8 Å². The molecule has 0 saturated carbocycles. The average Bonchev–Trinajstić information content (AvgIpc) is 2.52. The number of nitrogens with one attached hydrogen (secondary N) is 2. The Labute approximate surface area is 105 Å². The summed E-state index contributed by atoms with van der Waals surface area (Å²) in [7, 11) is 0. The minimum Gasteiger partial charge on any atom is -0.478 e. The third-order valence-corrected chi connectivity index (χ3v) is 3.51. The number of amides is 1. The maximum atomic E-state index is 11.9. The predicted molar refractivity (Wildman–Crippen MR) is 61.0 cm³/mol. The summed E-state index contributed by atoms with van der Waals surface area (Å²) in [5.41, 5.74) is -1.85. The summed E-state index contributed by atoms with van der Waals surface area (Å²) in [6.07, 6.45) is 0. The Morgan fingerprint density at radius 2 is 2.11 bits per heavy atom. The topological polar surface area (TPSA) is 100 Å². The van der Waals surface area contributed by atoms with Crippen LogP contribution in [-0.2, 0) is 5.66 Å². The quantitative estimate of drug-likeness (QED) is 0.620. The van der Waals surface area contributed by atoms with Gasteiger partial charge in [-0.3, -0.25) is 14.2 Å². The first-order valence-electron chi connectivity index (χ1n) is 5.19. The number of fused-ring (bicyclic) bond motifs is 2. The lowest BCUT2D eigenvalue weighted by atomic mass is 10.0. The molecular weight excluding hydrogens is 262 g/mol. The molecule has 0 aromatic carbocycles. The van der Waals surface area contributed by atoms with Crippen LogP contribution in [0.2, 0.25) is 5.02 Å². The van der Waals surface area contributed by atoms with Gasteiger partial charge in [-0.15, -0.1) is 0 Å². The Balaban J connectivity index is 2.39. The molecule has 94 valence electrons. The minimum atomic E-state index is -1.33. The molecule has 0 unspecified atom stereocenters. The molecule has 7 nitrogen and oxygen atoms in total. The van der Waals surface area contributed by atoms with E-state index in [1.54, 1.807) is 0 Å². The molecule has 1 amide bonds. The van der Waals surface area contributed by atoms with Crippen molar-refractivity contribution in [2.24, 2.45) is 0 Å². The van der Waals surface area contributed by atoms with Gasteiger partial charge in [0.1, 0.15) is 16.9 Å². The van der Waals surface area contributed by atoms with E-state index in [1.165, 1.54) is 4.57 Å². The highest BCUT2D eigenvalue weighted by molar-refractivity contribution is 6.34. The summed E-state index contributed by atoms with van der Waals surface area (Å²) in [4.78, 5) is 35.0. The lowest BCUT2D eigenvalue weighted by Crippen LogP contribution is -2.67. The number of aromatic nitrogens is 1. The molecular formula is C10H8ClN3O4. The van der Waals surface area contributed by atoms with E-state index in [9.17, 15) is 14.4 Å². The summed E-state index contributed by atoms with van der Waals surface area (Å²) < 4.78 is 1.18. The van der Waals surface area contributed by atoms with Crippen LogP contribution in [0.15, 0.2) is 10.9 Å². The van der Waals surface area contributed by atoms with E-state index in [2.05, 4.69) is 10.6 Å². The minimum absolute atomic E-state index is 0.179. The molecule has 0 aliphatic carbocycles. The number of rotatable bonds is 1. The molecule has 1 aromatic rings. The van der Waals surface area contributed by atoms with E-state index in [1.807, 2.05) is 0 Å². The fourth-order valence-corrected chi connectivity index (χ4v) is 2.62. The molecule has 2 aliphatic heterocycles. The monoisotopic (exact) mass is 269 g/mol. The molecule has 0 atom stereocenters. The summed E-state index contributed by atoms with van der Waals surface area (Å²) in [5, 5.41) is 14.5. The van der Waals surface area contributed by atoms with Crippen molar-refractivity contribution in [3.63, 3.8) is 0 Å². The maximum absolute atomic E-state index is 11.9. The highest BCUT2D eigenvalue weighted by Gasteiger charge is 2.50. The smallest absolute Gasteiger partial charge is 0.339 e. The lowest BCUT2D eigenvalue weighted by Gasteiger charge is -2.40. The number of carbonyl (C=O) groups is 2. The van der Waals surface area contributed by atoms with Gasteiger partial charge in [-0.05, 0) is 0 Å². The van der Waals surface area contributed by atoms with Gasteiger partial charge in [0.15, 0.2) is 0 Å². The summed E-state index contributed by atoms with van der Waals surface area (Å²) in [6.45, 7) is 0.763. The first-order chi connectivity index (χ1) is 8.46. The van der Waals surface area contributed by atoms with Crippen LogP contribution in [0.5, 0.6) is 0 Å². The van der Waals surface area contributed by atoms with E-state index in [0.29, 0.717) is 13.1 Å². The second-order valence-corrected chi connectivity index (χ2v) is 4.69. The van der Waals surface area contributed by atoms with Crippen LogP contribution in [0, 0.1) is 0 Å². The van der Waals surface area contributed by atoms with Gasteiger partial charge < -0.3 is 15.7 Å². The van der Waals surface area contributed by atoms with Gasteiger partial charge in [0.05, 0.1) is 5.02 Å². The molecule has 0 bridgehead atoms. The van der Waals surface area contributed by atoms with Crippen molar-refractivity contribution in [1.29, 1.82) is 0 Å². The van der Waals surface area contributed by atoms with E-state index in [0.717, 1.165) is 6.07 Å². The standard InChI is InChI=1S/C10H8ClN3O4/c11-4-1-5(15)14-7(6(4)9(17)18)8(16)13-10(14)2-12-3-10/h1,12H,2-3H2,(H,13,16)(H,17,18). The van der Waals surface area contributed by atoms with E-state index in [4.69, 9.17) is 16.7 Å². The second-order valence-electron chi connectivity index (χ2n) is 4.28. The highest BCUT2D eigenvalue weighted by Crippen LogP contribution is 2.29. The zero-order valence-corrected chi connectivity index (χ0v) is 9.74. The Morgan fingerprint density at radius 3 is 2.61 bits per heavy atom. The van der Waals surface area contributed by atoms with Crippen molar-refractivity contribution in [3.8, 4) is 0 Å². The van der Waals surface area contributed by atoms with Crippen LogP contribution in [0.3, 0.4) is 0 Å². The predicted octanol–water partition coefficient (Wildman–Crippen LogP) is -0.801. The molecule has 18 heavy (non-hydrogen) atoms. The molecule has 1 saturated heterocycles. The molecule has 3 heterocycles. The highest BCUT2D eigenvalue weighted by atomic mass is 35.5. The number of nitrogens with zero attached hydrogens (tertiary/aromatic N) is 1. The van der Waals surface area contributed by atoms with Crippen molar-refractivity contribution in [1.82, 2.24) is 15.2 Å². The van der Waals surface area contributed by atoms with Gasteiger partial charge in [0, 0.05) is 19.2 Å². The molecule has 8 heteroatoms. The number of hydrogen-bond donors (Lipinski definition) is 3. The van der Waals surface area contributed by atoms with Gasteiger partial charge in [-0.25, -0.2) is 4.79 Å². The van der Waals surface area contributed by atoms with E-state index in [-0.39, 0.29) is 16.3 Å². The van der Waals surface area contributed by atoms with Crippen LogP contribution in [-0.4, -0.2) is 34.6 Å². The largest absolute Gasteiger partial charge is 0.478 e. The van der Waals surface area contributed by atoms with Crippen LogP contribution < -0.4 is 16.2 Å². The van der Waals surface area contributed by atoms with Crippen LogP contribution in [0.25, 0.3) is 0 Å². The Bertz CT molecular complexity index is 647. The zero-order chi connectivity index (χ0) is 13.1. The van der Waals surface area contributed by atoms with Gasteiger partial charge in [0.2, 0.25) is 0 Å². The molecule has 3 N–H and O–H groups in total. The van der Waals surface area contributed by atoms with E-state index < -0.39 is 23.1 Å². The number of carbonyl (C=O) groups excluding carboxylic acids is 1. The third-order valence-electron chi connectivity index (χ3n) is 3.21. The normalized spacial score (nSPS) is 19.3. The number of carboxylic acids is 1. The molecule has 1 fully saturated rings. The number of carboxylic acid groups (broad SMARTS) is 1. The van der Waals surface area contributed by atoms with Crippen molar-refractivity contribution in [2.75, 3.05) is 13.1 Å². The SMILES string of the molecule is O=C(O)c1c(Cl)cc(=O)n2c1C(=O)NC21CNC1. The van der Waals surface area contributed by atoms with Crippen molar-refractivity contribution in [3.05, 3.63) is 32.7 Å². The molecule has 1 aromatic heterocycles. The fourth-order valence-electron chi connectivity index (χ4n) is 2.36. The van der Waals surface area contributed by atoms with Crippen molar-refractivity contribution in [2.45, 2.75) is 5.66 Å². The van der Waals surface area contributed by atoms with Gasteiger partial charge >= 0.3 is 5.97 Å². The zero-order valence-electron chi connectivity index (χ0n) is 8.99. The van der Waals surface area contributed by atoms with Gasteiger partial charge in [-0.2, -0.15) is 0 Å². The summed E-state index contributed by atoms with van der Waals surface area (Å²) in [6, 6.07) is 1.02. The molecule has 3 rings (SSSR count). The lowest BCUT2D eigenvalue weighted by molar-refractivity contribution is 0.0691. The van der Waals surface area contributed by atoms with Gasteiger partial charge in [-0.1, -0.05) is 11.6 Å². The van der Waals surface area contributed by atoms with Crippen molar-refractivity contribution >= 4 is 23.5 Å². The Morgan fingerprint density at radius 1 is 1.44 bits per heavy atom. The van der Waals surface area contributed by atoms with Gasteiger partial charge in [0.25, 0.3) is 11.5 Å². The second kappa shape index (κ2) is 3.33. The first-order valence-corrected chi connectivity index (χ1v) is 5.57. The number of hydrogen-bond acceptors (Lipinski definition) is 4. The maximum Gasteiger partial charge on any atom is 0.339 e. The first kappa shape index (κ1) is 11.2. The third kappa shape index (κ3) is 1.20. The van der Waals surface area contributed by atoms with Crippen LogP contribution >= 0.6 is 11.6 Å². The van der Waals surface area contributed by atoms with Crippen molar-refractivity contribution < 1.29 is 14.7 Å². The Kier molecular flexibility index (Phi) is 2.08. The molecule has 2 aliphatic rings. The summed E-state index contributed by atoms with van der Waals surface area (Å²) in [5.74, 6) is -1.92. The Hall–Kier alpha value is -1.86.